The number of hydrogen-bond donors (Lipinski definition) is 4. The topological polar surface area (TPSA) is 123 Å². The van der Waals surface area contributed by atoms with Crippen LogP contribution in [0.4, 0.5) is 0 Å². The average Bonchev–Trinajstić information content (AvgIpc) is 2.42. The molecule has 0 aliphatic carbocycles. The van der Waals surface area contributed by atoms with Gasteiger partial charge in [-0.2, -0.15) is 0 Å². The van der Waals surface area contributed by atoms with Crippen LogP contribution in [0.5, 0.6) is 5.75 Å². The Morgan fingerprint density at radius 1 is 1.26 bits per heavy atom. The van der Waals surface area contributed by atoms with Crippen molar-refractivity contribution in [3.05, 3.63) is 29.8 Å². The van der Waals surface area contributed by atoms with E-state index in [-0.39, 0.29) is 11.7 Å². The number of rotatable bonds is 8. The van der Waals surface area contributed by atoms with Crippen LogP contribution in [0.15, 0.2) is 29.4 Å². The monoisotopic (exact) mass is 266 g/mol. The molecule has 0 saturated heterocycles. The van der Waals surface area contributed by atoms with E-state index >= 15 is 0 Å². The van der Waals surface area contributed by atoms with Crippen molar-refractivity contribution in [3.63, 3.8) is 0 Å². The first-order chi connectivity index (χ1) is 9.13. The molecule has 0 radical (unpaired) electrons. The van der Waals surface area contributed by atoms with E-state index < -0.39 is 0 Å². The lowest BCUT2D eigenvalue weighted by molar-refractivity contribution is -0.117. The summed E-state index contributed by atoms with van der Waals surface area (Å²) in [6, 6.07) is 6.86. The lowest BCUT2D eigenvalue weighted by Crippen LogP contribution is -2.25. The highest BCUT2D eigenvalue weighted by Gasteiger charge is 1.99. The van der Waals surface area contributed by atoms with Crippen LogP contribution in [-0.4, -0.2) is 36.6 Å². The van der Waals surface area contributed by atoms with Gasteiger partial charge in [-0.1, -0.05) is 5.16 Å². The molecule has 0 aromatic heterocycles. The molecule has 19 heavy (non-hydrogen) atoms. The van der Waals surface area contributed by atoms with E-state index in [4.69, 9.17) is 21.4 Å². The number of nitrogens with one attached hydrogen (secondary N) is 1. The maximum absolute atomic E-state index is 10.5. The van der Waals surface area contributed by atoms with Crippen LogP contribution < -0.4 is 21.5 Å². The van der Waals surface area contributed by atoms with Gasteiger partial charge >= 0.3 is 0 Å². The number of ether oxygens (including phenoxy) is 1. The molecule has 7 nitrogen and oxygen atoms in total. The smallest absolute Gasteiger partial charge is 0.218 e. The van der Waals surface area contributed by atoms with Gasteiger partial charge in [0.2, 0.25) is 5.91 Å². The third-order valence-electron chi connectivity index (χ3n) is 2.35. The lowest BCUT2D eigenvalue weighted by Gasteiger charge is -2.07. The van der Waals surface area contributed by atoms with E-state index in [0.717, 1.165) is 0 Å². The zero-order valence-electron chi connectivity index (χ0n) is 10.5. The van der Waals surface area contributed by atoms with Crippen LogP contribution in [0.2, 0.25) is 0 Å². The van der Waals surface area contributed by atoms with Gasteiger partial charge in [-0.15, -0.1) is 0 Å². The fourth-order valence-corrected chi connectivity index (χ4v) is 1.36. The lowest BCUT2D eigenvalue weighted by atomic mass is 10.2. The Morgan fingerprint density at radius 3 is 2.53 bits per heavy atom. The highest BCUT2D eigenvalue weighted by atomic mass is 16.5. The van der Waals surface area contributed by atoms with Crippen molar-refractivity contribution in [1.82, 2.24) is 5.32 Å². The summed E-state index contributed by atoms with van der Waals surface area (Å²) < 4.78 is 5.46. The van der Waals surface area contributed by atoms with E-state index in [1.165, 1.54) is 0 Å². The van der Waals surface area contributed by atoms with E-state index in [9.17, 15) is 4.79 Å². The van der Waals surface area contributed by atoms with Crippen molar-refractivity contribution in [3.8, 4) is 5.75 Å². The van der Waals surface area contributed by atoms with Gasteiger partial charge in [-0.25, -0.2) is 0 Å². The van der Waals surface area contributed by atoms with Crippen molar-refractivity contribution in [2.24, 2.45) is 16.6 Å². The standard InChI is InChI=1S/C12H18N4O3/c13-11(17)5-6-15-7-8-19-10-3-1-9(2-4-10)12(14)16-18/h1-4,15,18H,5-8H2,(H2,13,17)(H2,14,16). The number of benzene rings is 1. The molecule has 0 fully saturated rings. The number of oxime groups is 1. The van der Waals surface area contributed by atoms with E-state index in [1.807, 2.05) is 0 Å². The molecule has 0 atom stereocenters. The number of primary amides is 1. The molecule has 1 aromatic rings. The van der Waals surface area contributed by atoms with Crippen LogP contribution in [0, 0.1) is 0 Å². The number of carbonyl (C=O) groups is 1. The van der Waals surface area contributed by atoms with Gasteiger partial charge < -0.3 is 26.7 Å². The Balaban J connectivity index is 2.25. The second kappa shape index (κ2) is 7.93. The number of nitrogens with two attached hydrogens (primary N) is 2. The summed E-state index contributed by atoms with van der Waals surface area (Å²) in [5.74, 6) is 0.415. The summed E-state index contributed by atoms with van der Waals surface area (Å²) >= 11 is 0. The minimum atomic E-state index is -0.327. The molecule has 0 aliphatic rings. The molecule has 7 heteroatoms. The van der Waals surface area contributed by atoms with Crippen LogP contribution in [0.1, 0.15) is 12.0 Å². The van der Waals surface area contributed by atoms with Gasteiger partial charge in [-0.05, 0) is 24.3 Å². The molecule has 0 saturated carbocycles. The molecule has 1 aromatic carbocycles. The molecule has 0 spiro atoms. The van der Waals surface area contributed by atoms with Gasteiger partial charge in [0.25, 0.3) is 0 Å². The number of amides is 1. The Hall–Kier alpha value is -2.28. The molecule has 0 bridgehead atoms. The number of hydrogen-bond acceptors (Lipinski definition) is 5. The first-order valence-electron chi connectivity index (χ1n) is 5.83. The quantitative estimate of drug-likeness (QED) is 0.168. The largest absolute Gasteiger partial charge is 0.492 e. The molecule has 6 N–H and O–H groups in total. The highest BCUT2D eigenvalue weighted by molar-refractivity contribution is 5.97. The fraction of sp³-hybridized carbons (Fsp3) is 0.333. The van der Waals surface area contributed by atoms with E-state index in [0.29, 0.717) is 37.4 Å². The van der Waals surface area contributed by atoms with Gasteiger partial charge in [0.1, 0.15) is 12.4 Å². The van der Waals surface area contributed by atoms with Gasteiger partial charge in [0.15, 0.2) is 5.84 Å². The predicted octanol–water partition coefficient (Wildman–Crippen LogP) is -0.375. The normalized spacial score (nSPS) is 11.3. The van der Waals surface area contributed by atoms with Crippen LogP contribution in [-0.2, 0) is 4.79 Å². The van der Waals surface area contributed by atoms with Gasteiger partial charge in [-0.3, -0.25) is 4.79 Å². The Kier molecular flexibility index (Phi) is 6.17. The Bertz CT molecular complexity index is 431. The third kappa shape index (κ3) is 5.73. The summed E-state index contributed by atoms with van der Waals surface area (Å²) in [6.07, 6.45) is 0.314. The SMILES string of the molecule is NC(=O)CCNCCOc1ccc(C(N)=NO)cc1. The summed E-state index contributed by atoms with van der Waals surface area (Å²) in [6.45, 7) is 1.64. The van der Waals surface area contributed by atoms with E-state index in [2.05, 4.69) is 10.5 Å². The third-order valence-corrected chi connectivity index (χ3v) is 2.35. The zero-order chi connectivity index (χ0) is 14.1. The fourth-order valence-electron chi connectivity index (χ4n) is 1.36. The van der Waals surface area contributed by atoms with Crippen LogP contribution in [0.25, 0.3) is 0 Å². The summed E-state index contributed by atoms with van der Waals surface area (Å²) in [5.41, 5.74) is 11.1. The number of amidine groups is 1. The minimum Gasteiger partial charge on any atom is -0.492 e. The second-order valence-corrected chi connectivity index (χ2v) is 3.82. The van der Waals surface area contributed by atoms with Crippen molar-refractivity contribution in [2.75, 3.05) is 19.7 Å². The molecule has 1 rings (SSSR count). The summed E-state index contributed by atoms with van der Waals surface area (Å²) in [5, 5.41) is 14.4. The predicted molar refractivity (Wildman–Crippen MR) is 71.1 cm³/mol. The first-order valence-corrected chi connectivity index (χ1v) is 5.83. The minimum absolute atomic E-state index is 0.0552. The molecule has 0 aliphatic heterocycles. The second-order valence-electron chi connectivity index (χ2n) is 3.82. The van der Waals surface area contributed by atoms with Crippen molar-refractivity contribution in [2.45, 2.75) is 6.42 Å². The molecule has 1 amide bonds. The van der Waals surface area contributed by atoms with Crippen molar-refractivity contribution in [1.29, 1.82) is 0 Å². The zero-order valence-corrected chi connectivity index (χ0v) is 10.5. The molecule has 104 valence electrons. The average molecular weight is 266 g/mol. The molecular formula is C12H18N4O3. The molecular weight excluding hydrogens is 248 g/mol. The van der Waals surface area contributed by atoms with Crippen LogP contribution in [0.3, 0.4) is 0 Å². The maximum Gasteiger partial charge on any atom is 0.218 e. The van der Waals surface area contributed by atoms with Crippen LogP contribution >= 0.6 is 0 Å². The highest BCUT2D eigenvalue weighted by Crippen LogP contribution is 2.11. The number of nitrogens with zero attached hydrogens (tertiary/aromatic N) is 1. The maximum atomic E-state index is 10.5. The Morgan fingerprint density at radius 2 is 1.95 bits per heavy atom. The first kappa shape index (κ1) is 14.8. The molecule has 0 unspecified atom stereocenters. The van der Waals surface area contributed by atoms with E-state index in [1.54, 1.807) is 24.3 Å². The Labute approximate surface area is 111 Å². The van der Waals surface area contributed by atoms with Crippen molar-refractivity contribution < 1.29 is 14.7 Å². The van der Waals surface area contributed by atoms with Gasteiger partial charge in [0, 0.05) is 25.1 Å². The summed E-state index contributed by atoms with van der Waals surface area (Å²) in [4.78, 5) is 10.5. The number of carbonyl (C=O) groups excluding carboxylic acids is 1. The van der Waals surface area contributed by atoms with Crippen molar-refractivity contribution >= 4 is 11.7 Å². The molecule has 0 heterocycles. The summed E-state index contributed by atoms with van der Waals surface area (Å²) in [7, 11) is 0. The van der Waals surface area contributed by atoms with Gasteiger partial charge in [0.05, 0.1) is 0 Å².